The Labute approximate surface area is 107 Å². The molecule has 1 heterocycles. The Morgan fingerprint density at radius 2 is 2.06 bits per heavy atom. The Morgan fingerprint density at radius 3 is 2.61 bits per heavy atom. The van der Waals surface area contributed by atoms with Gasteiger partial charge >= 0.3 is 0 Å². The van der Waals surface area contributed by atoms with Crippen molar-refractivity contribution >= 4 is 0 Å². The van der Waals surface area contributed by atoms with Crippen LogP contribution in [0.1, 0.15) is 35.6 Å². The fourth-order valence-corrected chi connectivity index (χ4v) is 2.14. The number of furan rings is 1. The zero-order valence-electron chi connectivity index (χ0n) is 11.0. The monoisotopic (exact) mass is 247 g/mol. The van der Waals surface area contributed by atoms with Gasteiger partial charge in [0.1, 0.15) is 17.3 Å². The lowest BCUT2D eigenvalue weighted by Gasteiger charge is -2.15. The lowest BCUT2D eigenvalue weighted by Crippen LogP contribution is -2.17. The third-order valence-electron chi connectivity index (χ3n) is 3.00. The van der Waals surface area contributed by atoms with Crippen molar-refractivity contribution in [1.82, 2.24) is 5.32 Å². The van der Waals surface area contributed by atoms with Gasteiger partial charge in [-0.25, -0.2) is 4.39 Å². The van der Waals surface area contributed by atoms with Crippen molar-refractivity contribution in [3.63, 3.8) is 0 Å². The van der Waals surface area contributed by atoms with Crippen molar-refractivity contribution < 1.29 is 8.81 Å². The van der Waals surface area contributed by atoms with E-state index in [1.807, 2.05) is 39.1 Å². The van der Waals surface area contributed by atoms with Crippen LogP contribution >= 0.6 is 0 Å². The van der Waals surface area contributed by atoms with Crippen molar-refractivity contribution in [1.29, 1.82) is 0 Å². The summed E-state index contributed by atoms with van der Waals surface area (Å²) in [5.74, 6) is 1.55. The largest absolute Gasteiger partial charge is 0.464 e. The van der Waals surface area contributed by atoms with E-state index in [0.29, 0.717) is 0 Å². The van der Waals surface area contributed by atoms with E-state index < -0.39 is 0 Å². The van der Waals surface area contributed by atoms with Crippen LogP contribution in [0.25, 0.3) is 0 Å². The van der Waals surface area contributed by atoms with Gasteiger partial charge in [0.25, 0.3) is 0 Å². The first-order valence-corrected chi connectivity index (χ1v) is 6.17. The van der Waals surface area contributed by atoms with Gasteiger partial charge in [0, 0.05) is 6.42 Å². The quantitative estimate of drug-likeness (QED) is 0.893. The summed E-state index contributed by atoms with van der Waals surface area (Å²) >= 11 is 0. The minimum atomic E-state index is -0.215. The first-order valence-electron chi connectivity index (χ1n) is 6.17. The van der Waals surface area contributed by atoms with E-state index in [1.165, 1.54) is 6.07 Å². The molecule has 0 spiro atoms. The highest BCUT2D eigenvalue weighted by Gasteiger charge is 2.16. The summed E-state index contributed by atoms with van der Waals surface area (Å²) in [6.07, 6.45) is 0.860. The highest BCUT2D eigenvalue weighted by atomic mass is 19.1. The highest BCUT2D eigenvalue weighted by molar-refractivity contribution is 5.31. The van der Waals surface area contributed by atoms with Crippen LogP contribution in [0.4, 0.5) is 4.39 Å². The summed E-state index contributed by atoms with van der Waals surface area (Å²) in [4.78, 5) is 0. The number of hydrogen-bond donors (Lipinski definition) is 1. The summed E-state index contributed by atoms with van der Waals surface area (Å²) in [6.45, 7) is 3.93. The molecular weight excluding hydrogens is 229 g/mol. The first kappa shape index (κ1) is 12.8. The van der Waals surface area contributed by atoms with Crippen LogP contribution in [0.15, 0.2) is 34.7 Å². The number of nitrogens with one attached hydrogen (secondary N) is 1. The SMILES string of the molecule is CCc1ccc(C(NC)c2cc(C)cc(F)c2)o1. The second-order valence-corrected chi connectivity index (χ2v) is 4.44. The molecular formula is C15H18FNO. The lowest BCUT2D eigenvalue weighted by molar-refractivity contribution is 0.433. The molecule has 96 valence electrons. The van der Waals surface area contributed by atoms with Gasteiger partial charge in [-0.15, -0.1) is 0 Å². The molecule has 1 atom stereocenters. The van der Waals surface area contributed by atoms with Crippen molar-refractivity contribution in [3.8, 4) is 0 Å². The van der Waals surface area contributed by atoms with Crippen LogP contribution in [-0.2, 0) is 6.42 Å². The molecule has 0 aliphatic carbocycles. The van der Waals surface area contributed by atoms with Crippen LogP contribution in [0, 0.1) is 12.7 Å². The molecule has 0 aliphatic heterocycles. The second-order valence-electron chi connectivity index (χ2n) is 4.44. The molecule has 0 fully saturated rings. The van der Waals surface area contributed by atoms with Gasteiger partial charge < -0.3 is 9.73 Å². The number of rotatable bonds is 4. The van der Waals surface area contributed by atoms with Crippen LogP contribution in [-0.4, -0.2) is 7.05 Å². The molecule has 18 heavy (non-hydrogen) atoms. The molecule has 0 saturated carbocycles. The van der Waals surface area contributed by atoms with Crippen molar-refractivity contribution in [2.24, 2.45) is 0 Å². The average Bonchev–Trinajstić information content (AvgIpc) is 2.77. The van der Waals surface area contributed by atoms with E-state index in [-0.39, 0.29) is 11.9 Å². The van der Waals surface area contributed by atoms with Gasteiger partial charge in [-0.1, -0.05) is 13.0 Å². The van der Waals surface area contributed by atoms with E-state index in [9.17, 15) is 4.39 Å². The third kappa shape index (κ3) is 2.62. The van der Waals surface area contributed by atoms with Gasteiger partial charge in [0.2, 0.25) is 0 Å². The van der Waals surface area contributed by atoms with E-state index in [0.717, 1.165) is 29.1 Å². The standard InChI is InChI=1S/C15H18FNO/c1-4-13-5-6-14(18-13)15(17-3)11-7-10(2)8-12(16)9-11/h5-9,15,17H,4H2,1-3H3. The molecule has 1 unspecified atom stereocenters. The van der Waals surface area contributed by atoms with Gasteiger partial charge in [0.15, 0.2) is 0 Å². The molecule has 1 aromatic carbocycles. The third-order valence-corrected chi connectivity index (χ3v) is 3.00. The fraction of sp³-hybridized carbons (Fsp3) is 0.333. The van der Waals surface area contributed by atoms with Crippen molar-refractivity contribution in [3.05, 3.63) is 58.8 Å². The van der Waals surface area contributed by atoms with E-state index in [4.69, 9.17) is 4.42 Å². The molecule has 1 aromatic heterocycles. The van der Waals surface area contributed by atoms with Crippen molar-refractivity contribution in [2.45, 2.75) is 26.3 Å². The zero-order chi connectivity index (χ0) is 13.1. The molecule has 0 aliphatic rings. The zero-order valence-corrected chi connectivity index (χ0v) is 11.0. The van der Waals surface area contributed by atoms with Crippen LogP contribution in [0.5, 0.6) is 0 Å². The Bertz CT molecular complexity index is 513. The smallest absolute Gasteiger partial charge is 0.125 e. The molecule has 1 N–H and O–H groups in total. The number of benzene rings is 1. The Morgan fingerprint density at radius 1 is 1.28 bits per heavy atom. The maximum atomic E-state index is 13.5. The van der Waals surface area contributed by atoms with E-state index in [2.05, 4.69) is 5.32 Å². The topological polar surface area (TPSA) is 25.2 Å². The molecule has 0 radical (unpaired) electrons. The van der Waals surface area contributed by atoms with Gasteiger partial charge in [-0.05, 0) is 49.4 Å². The van der Waals surface area contributed by atoms with E-state index in [1.54, 1.807) is 6.07 Å². The summed E-state index contributed by atoms with van der Waals surface area (Å²) in [5, 5.41) is 3.17. The van der Waals surface area contributed by atoms with Gasteiger partial charge in [0.05, 0.1) is 6.04 Å². The van der Waals surface area contributed by atoms with Crippen LogP contribution in [0.3, 0.4) is 0 Å². The lowest BCUT2D eigenvalue weighted by atomic mass is 10.0. The molecule has 0 amide bonds. The fourth-order valence-electron chi connectivity index (χ4n) is 2.14. The first-order chi connectivity index (χ1) is 8.63. The predicted molar refractivity (Wildman–Crippen MR) is 70.1 cm³/mol. The Kier molecular flexibility index (Phi) is 3.82. The molecule has 2 rings (SSSR count). The summed E-state index contributed by atoms with van der Waals surface area (Å²) in [6, 6.07) is 8.84. The van der Waals surface area contributed by atoms with Gasteiger partial charge in [-0.3, -0.25) is 0 Å². The van der Waals surface area contributed by atoms with Crippen LogP contribution in [0.2, 0.25) is 0 Å². The van der Waals surface area contributed by atoms with E-state index >= 15 is 0 Å². The van der Waals surface area contributed by atoms with Gasteiger partial charge in [-0.2, -0.15) is 0 Å². The summed E-state index contributed by atoms with van der Waals surface area (Å²) < 4.78 is 19.2. The molecule has 0 saturated heterocycles. The second kappa shape index (κ2) is 5.36. The Balaban J connectivity index is 2.38. The Hall–Kier alpha value is -1.61. The summed E-state index contributed by atoms with van der Waals surface area (Å²) in [7, 11) is 1.85. The minimum Gasteiger partial charge on any atom is -0.464 e. The number of aryl methyl sites for hydroxylation is 2. The number of halogens is 1. The maximum Gasteiger partial charge on any atom is 0.125 e. The number of hydrogen-bond acceptors (Lipinski definition) is 2. The molecule has 2 nitrogen and oxygen atoms in total. The molecule has 3 heteroatoms. The summed E-state index contributed by atoms with van der Waals surface area (Å²) in [5.41, 5.74) is 1.79. The normalized spacial score (nSPS) is 12.7. The average molecular weight is 247 g/mol. The molecule has 2 aromatic rings. The van der Waals surface area contributed by atoms with Crippen molar-refractivity contribution in [2.75, 3.05) is 7.05 Å². The maximum absolute atomic E-state index is 13.5. The van der Waals surface area contributed by atoms with Crippen LogP contribution < -0.4 is 5.32 Å². The molecule has 0 bridgehead atoms. The highest BCUT2D eigenvalue weighted by Crippen LogP contribution is 2.25. The minimum absolute atomic E-state index is 0.111. The predicted octanol–water partition coefficient (Wildman–Crippen LogP) is 3.60.